The summed E-state index contributed by atoms with van der Waals surface area (Å²) in [5.41, 5.74) is 5.91. The number of nitrogens with zero attached hydrogens (tertiary/aromatic N) is 2. The lowest BCUT2D eigenvalue weighted by Gasteiger charge is -2.08. The van der Waals surface area contributed by atoms with Gasteiger partial charge >= 0.3 is 0 Å². The van der Waals surface area contributed by atoms with E-state index in [1.165, 1.54) is 16.7 Å². The molecule has 0 aliphatic heterocycles. The van der Waals surface area contributed by atoms with E-state index in [2.05, 4.69) is 62.2 Å². The first kappa shape index (κ1) is 14.1. The van der Waals surface area contributed by atoms with Crippen LogP contribution in [0.15, 0.2) is 47.6 Å². The molecule has 0 saturated carbocycles. The van der Waals surface area contributed by atoms with Crippen LogP contribution in [0.25, 0.3) is 10.9 Å². The first-order valence-corrected chi connectivity index (χ1v) is 8.04. The molecule has 1 aromatic heterocycles. The zero-order chi connectivity index (χ0) is 14.8. The van der Waals surface area contributed by atoms with Crippen molar-refractivity contribution in [2.75, 3.05) is 0 Å². The Hall–Kier alpha value is -1.87. The predicted octanol–water partition coefficient (Wildman–Crippen LogP) is 4.85. The van der Waals surface area contributed by atoms with E-state index < -0.39 is 0 Å². The molecular weight excluding hydrogens is 276 g/mol. The van der Waals surface area contributed by atoms with Crippen molar-refractivity contribution < 1.29 is 0 Å². The number of fused-ring (bicyclic) bond motifs is 1. The van der Waals surface area contributed by atoms with Crippen LogP contribution in [0.1, 0.15) is 22.4 Å². The quantitative estimate of drug-likeness (QED) is 0.510. The van der Waals surface area contributed by atoms with Gasteiger partial charge in [-0.2, -0.15) is 0 Å². The van der Waals surface area contributed by atoms with E-state index in [-0.39, 0.29) is 0 Å². The fourth-order valence-corrected chi connectivity index (χ4v) is 3.34. The second-order valence-electron chi connectivity index (χ2n) is 5.34. The molecule has 0 saturated heterocycles. The molecule has 1 heterocycles. The molecule has 0 fully saturated rings. The van der Waals surface area contributed by atoms with Crippen LogP contribution >= 0.6 is 11.8 Å². The number of hydrogen-bond donors (Lipinski definition) is 0. The second kappa shape index (κ2) is 5.86. The van der Waals surface area contributed by atoms with E-state index in [1.807, 2.05) is 6.07 Å². The maximum Gasteiger partial charge on any atom is 0.188 e. The van der Waals surface area contributed by atoms with Gasteiger partial charge < -0.3 is 0 Å². The first-order chi connectivity index (χ1) is 10.1. The van der Waals surface area contributed by atoms with Gasteiger partial charge in [-0.1, -0.05) is 53.7 Å². The number of benzene rings is 2. The average Bonchev–Trinajstić information content (AvgIpc) is 2.47. The molecule has 0 aliphatic carbocycles. The van der Waals surface area contributed by atoms with E-state index in [1.54, 1.807) is 11.8 Å². The zero-order valence-electron chi connectivity index (χ0n) is 12.6. The highest BCUT2D eigenvalue weighted by atomic mass is 32.2. The van der Waals surface area contributed by atoms with E-state index in [0.29, 0.717) is 0 Å². The second-order valence-corrected chi connectivity index (χ2v) is 6.29. The Bertz CT molecular complexity index is 782. The summed E-state index contributed by atoms with van der Waals surface area (Å²) in [6, 6.07) is 14.8. The van der Waals surface area contributed by atoms with Gasteiger partial charge in [-0.3, -0.25) is 0 Å². The molecule has 0 atom stereocenters. The molecule has 0 aliphatic rings. The van der Waals surface area contributed by atoms with Crippen LogP contribution in [0.2, 0.25) is 0 Å². The van der Waals surface area contributed by atoms with Crippen molar-refractivity contribution in [2.45, 2.75) is 31.7 Å². The molecule has 21 heavy (non-hydrogen) atoms. The molecule has 0 spiro atoms. The standard InChI is InChI=1S/C18H18N2S/c1-12-9-13(2)17-16(10-12)14(3)19-18(20-17)21-11-15-7-5-4-6-8-15/h4-10H,11H2,1-3H3. The van der Waals surface area contributed by atoms with Crippen molar-refractivity contribution in [1.29, 1.82) is 0 Å². The summed E-state index contributed by atoms with van der Waals surface area (Å²) in [5.74, 6) is 0.899. The van der Waals surface area contributed by atoms with Gasteiger partial charge in [0.1, 0.15) is 0 Å². The molecule has 106 valence electrons. The zero-order valence-corrected chi connectivity index (χ0v) is 13.4. The Kier molecular flexibility index (Phi) is 3.93. The topological polar surface area (TPSA) is 25.8 Å². The molecule has 0 radical (unpaired) electrons. The highest BCUT2D eigenvalue weighted by molar-refractivity contribution is 7.98. The van der Waals surface area contributed by atoms with E-state index in [4.69, 9.17) is 4.98 Å². The normalized spacial score (nSPS) is 11.0. The Morgan fingerprint density at radius 1 is 0.952 bits per heavy atom. The van der Waals surface area contributed by atoms with Crippen LogP contribution in [0, 0.1) is 20.8 Å². The fourth-order valence-electron chi connectivity index (χ4n) is 2.50. The SMILES string of the molecule is Cc1cc(C)c2nc(SCc3ccccc3)nc(C)c2c1. The summed E-state index contributed by atoms with van der Waals surface area (Å²) >= 11 is 1.69. The number of thioether (sulfide) groups is 1. The third kappa shape index (κ3) is 3.08. The molecule has 2 aromatic carbocycles. The number of aromatic nitrogens is 2. The smallest absolute Gasteiger partial charge is 0.188 e. The van der Waals surface area contributed by atoms with Gasteiger partial charge in [0, 0.05) is 16.8 Å². The van der Waals surface area contributed by atoms with Crippen LogP contribution in [0.5, 0.6) is 0 Å². The van der Waals surface area contributed by atoms with E-state index in [9.17, 15) is 0 Å². The lowest BCUT2D eigenvalue weighted by Crippen LogP contribution is -1.96. The summed E-state index contributed by atoms with van der Waals surface area (Å²) in [7, 11) is 0. The molecule has 3 rings (SSSR count). The highest BCUT2D eigenvalue weighted by Crippen LogP contribution is 2.26. The summed E-state index contributed by atoms with van der Waals surface area (Å²) in [5, 5.41) is 2.02. The summed E-state index contributed by atoms with van der Waals surface area (Å²) in [6.07, 6.45) is 0. The third-order valence-corrected chi connectivity index (χ3v) is 4.43. The summed E-state index contributed by atoms with van der Waals surface area (Å²) in [6.45, 7) is 6.30. The van der Waals surface area contributed by atoms with Gasteiger partial charge in [0.05, 0.1) is 5.52 Å². The van der Waals surface area contributed by atoms with E-state index >= 15 is 0 Å². The molecule has 0 amide bonds. The molecular formula is C18H18N2S. The van der Waals surface area contributed by atoms with Gasteiger partial charge in [-0.05, 0) is 38.0 Å². The van der Waals surface area contributed by atoms with Crippen molar-refractivity contribution in [2.24, 2.45) is 0 Å². The summed E-state index contributed by atoms with van der Waals surface area (Å²) < 4.78 is 0. The lowest BCUT2D eigenvalue weighted by molar-refractivity contribution is 0.964. The molecule has 0 unspecified atom stereocenters. The van der Waals surface area contributed by atoms with Crippen molar-refractivity contribution in [3.8, 4) is 0 Å². The van der Waals surface area contributed by atoms with E-state index in [0.717, 1.165) is 27.5 Å². The van der Waals surface area contributed by atoms with Gasteiger partial charge in [-0.25, -0.2) is 9.97 Å². The highest BCUT2D eigenvalue weighted by Gasteiger charge is 2.08. The largest absolute Gasteiger partial charge is 0.227 e. The van der Waals surface area contributed by atoms with Gasteiger partial charge in [0.15, 0.2) is 5.16 Å². The number of hydrogen-bond acceptors (Lipinski definition) is 3. The van der Waals surface area contributed by atoms with Crippen molar-refractivity contribution >= 4 is 22.7 Å². The minimum absolute atomic E-state index is 0.857. The van der Waals surface area contributed by atoms with Crippen LogP contribution in [0.4, 0.5) is 0 Å². The lowest BCUT2D eigenvalue weighted by atomic mass is 10.1. The van der Waals surface area contributed by atoms with Crippen LogP contribution in [-0.2, 0) is 5.75 Å². The van der Waals surface area contributed by atoms with Crippen molar-refractivity contribution in [3.05, 3.63) is 64.8 Å². The Labute approximate surface area is 129 Å². The first-order valence-electron chi connectivity index (χ1n) is 7.06. The van der Waals surface area contributed by atoms with Crippen molar-refractivity contribution in [1.82, 2.24) is 9.97 Å². The molecule has 3 heteroatoms. The van der Waals surface area contributed by atoms with Gasteiger partial charge in [-0.15, -0.1) is 0 Å². The monoisotopic (exact) mass is 294 g/mol. The molecule has 0 bridgehead atoms. The molecule has 3 aromatic rings. The summed E-state index contributed by atoms with van der Waals surface area (Å²) in [4.78, 5) is 9.39. The maximum absolute atomic E-state index is 4.74. The van der Waals surface area contributed by atoms with Crippen LogP contribution in [0.3, 0.4) is 0 Å². The third-order valence-electron chi connectivity index (χ3n) is 3.52. The maximum atomic E-state index is 4.74. The fraction of sp³-hybridized carbons (Fsp3) is 0.222. The number of aryl methyl sites for hydroxylation is 3. The van der Waals surface area contributed by atoms with Crippen LogP contribution in [-0.4, -0.2) is 9.97 Å². The Morgan fingerprint density at radius 3 is 2.48 bits per heavy atom. The predicted molar refractivity (Wildman–Crippen MR) is 89.8 cm³/mol. The van der Waals surface area contributed by atoms with Crippen molar-refractivity contribution in [3.63, 3.8) is 0 Å². The Balaban J connectivity index is 1.93. The minimum atomic E-state index is 0.857. The minimum Gasteiger partial charge on any atom is -0.227 e. The van der Waals surface area contributed by atoms with Crippen LogP contribution < -0.4 is 0 Å². The Morgan fingerprint density at radius 2 is 1.71 bits per heavy atom. The van der Waals surface area contributed by atoms with Gasteiger partial charge in [0.2, 0.25) is 0 Å². The average molecular weight is 294 g/mol. The molecule has 2 nitrogen and oxygen atoms in total. The molecule has 0 N–H and O–H groups in total. The van der Waals surface area contributed by atoms with Gasteiger partial charge in [0.25, 0.3) is 0 Å². The number of rotatable bonds is 3.